The summed E-state index contributed by atoms with van der Waals surface area (Å²) in [5, 5.41) is 10.6. The Balaban J connectivity index is 1.90. The number of carbonyl (C=O) groups is 2. The molecule has 1 aliphatic heterocycles. The topological polar surface area (TPSA) is 63.6 Å². The Morgan fingerprint density at radius 2 is 1.83 bits per heavy atom. The lowest BCUT2D eigenvalue weighted by molar-refractivity contribution is -0.165. The molecule has 23 heavy (non-hydrogen) atoms. The summed E-state index contributed by atoms with van der Waals surface area (Å²) in [7, 11) is 0. The van der Waals surface area contributed by atoms with Crippen LogP contribution >= 0.6 is 0 Å². The van der Waals surface area contributed by atoms with Gasteiger partial charge in [0.25, 0.3) is 0 Å². The number of ketones is 1. The Kier molecular flexibility index (Phi) is 4.24. The first-order valence-electron chi connectivity index (χ1n) is 8.26. The van der Waals surface area contributed by atoms with Crippen LogP contribution in [0.15, 0.2) is 41.7 Å². The minimum absolute atomic E-state index is 0.131. The number of Topliss-reactive ketones (excluding diaryl/α,β-unsaturated/α-hetero) is 1. The van der Waals surface area contributed by atoms with Gasteiger partial charge in [0.15, 0.2) is 0 Å². The Bertz CT molecular complexity index is 635. The van der Waals surface area contributed by atoms with Crippen LogP contribution in [0.1, 0.15) is 56.9 Å². The lowest BCUT2D eigenvalue weighted by Gasteiger charge is -2.40. The van der Waals surface area contributed by atoms with Crippen LogP contribution in [-0.4, -0.2) is 22.5 Å². The maximum absolute atomic E-state index is 12.6. The van der Waals surface area contributed by atoms with Gasteiger partial charge in [-0.05, 0) is 24.8 Å². The molecule has 1 heterocycles. The van der Waals surface area contributed by atoms with E-state index in [0.717, 1.165) is 5.56 Å². The zero-order valence-corrected chi connectivity index (χ0v) is 13.4. The van der Waals surface area contributed by atoms with Crippen molar-refractivity contribution in [3.8, 4) is 0 Å². The van der Waals surface area contributed by atoms with Gasteiger partial charge in [-0.2, -0.15) is 0 Å². The molecular weight excluding hydrogens is 292 g/mol. The Morgan fingerprint density at radius 3 is 2.39 bits per heavy atom. The van der Waals surface area contributed by atoms with E-state index in [-0.39, 0.29) is 17.5 Å². The molecule has 1 spiro atoms. The first-order chi connectivity index (χ1) is 11.0. The smallest absolute Gasteiger partial charge is 0.338 e. The van der Waals surface area contributed by atoms with E-state index < -0.39 is 11.6 Å². The number of carbonyl (C=O) groups excluding carboxylic acids is 2. The molecule has 0 radical (unpaired) electrons. The van der Waals surface area contributed by atoms with Gasteiger partial charge in [-0.15, -0.1) is 0 Å². The van der Waals surface area contributed by atoms with E-state index in [9.17, 15) is 14.7 Å². The van der Waals surface area contributed by atoms with Crippen LogP contribution in [0.5, 0.6) is 0 Å². The van der Waals surface area contributed by atoms with Crippen molar-refractivity contribution in [2.45, 2.75) is 57.0 Å². The SMILES string of the molecule is CCC(C1=C(O)CC2(CCC(=O)CC2)OC1=O)c1ccccc1. The van der Waals surface area contributed by atoms with Crippen molar-refractivity contribution in [2.24, 2.45) is 0 Å². The number of hydrogen-bond donors (Lipinski definition) is 1. The van der Waals surface area contributed by atoms with Crippen LogP contribution in [0, 0.1) is 0 Å². The molecule has 1 N–H and O–H groups in total. The fourth-order valence-electron chi connectivity index (χ4n) is 3.70. The summed E-state index contributed by atoms with van der Waals surface area (Å²) in [6.07, 6.45) is 2.90. The summed E-state index contributed by atoms with van der Waals surface area (Å²) in [5.41, 5.74) is 0.692. The van der Waals surface area contributed by atoms with E-state index in [4.69, 9.17) is 4.74 Å². The van der Waals surface area contributed by atoms with Gasteiger partial charge >= 0.3 is 5.97 Å². The zero-order chi connectivity index (χ0) is 16.4. The quantitative estimate of drug-likeness (QED) is 0.861. The van der Waals surface area contributed by atoms with Gasteiger partial charge in [0.05, 0.1) is 5.57 Å². The molecule has 1 atom stereocenters. The minimum atomic E-state index is -0.687. The van der Waals surface area contributed by atoms with Crippen molar-refractivity contribution >= 4 is 11.8 Å². The molecule has 1 unspecified atom stereocenters. The van der Waals surface area contributed by atoms with Crippen molar-refractivity contribution in [3.63, 3.8) is 0 Å². The van der Waals surface area contributed by atoms with Gasteiger partial charge in [0.1, 0.15) is 17.1 Å². The number of rotatable bonds is 3. The number of aliphatic hydroxyl groups excluding tert-OH is 1. The molecule has 2 aliphatic rings. The van der Waals surface area contributed by atoms with Crippen LogP contribution in [-0.2, 0) is 14.3 Å². The number of esters is 1. The molecule has 1 aliphatic carbocycles. The molecule has 3 rings (SSSR count). The summed E-state index contributed by atoms with van der Waals surface area (Å²) in [5.74, 6) is -0.256. The predicted molar refractivity (Wildman–Crippen MR) is 86.0 cm³/mol. The second kappa shape index (κ2) is 6.19. The normalized spacial score (nSPS) is 22.1. The predicted octanol–water partition coefficient (Wildman–Crippen LogP) is 3.82. The van der Waals surface area contributed by atoms with Gasteiger partial charge in [-0.1, -0.05) is 37.3 Å². The lowest BCUT2D eigenvalue weighted by atomic mass is 9.77. The highest BCUT2D eigenvalue weighted by Gasteiger charge is 2.45. The van der Waals surface area contributed by atoms with Crippen molar-refractivity contribution in [1.29, 1.82) is 0 Å². The van der Waals surface area contributed by atoms with E-state index >= 15 is 0 Å². The summed E-state index contributed by atoms with van der Waals surface area (Å²) in [6.45, 7) is 1.99. The maximum Gasteiger partial charge on any atom is 0.338 e. The molecule has 0 amide bonds. The maximum atomic E-state index is 12.6. The number of ether oxygens (including phenoxy) is 1. The average molecular weight is 314 g/mol. The standard InChI is InChI=1S/C19H22O4/c1-2-15(13-6-4-3-5-7-13)17-16(21)12-19(23-18(17)22)10-8-14(20)9-11-19/h3-7,15,21H,2,8-12H2,1H3. The Morgan fingerprint density at radius 1 is 1.17 bits per heavy atom. The molecule has 1 aromatic carbocycles. The molecule has 122 valence electrons. The average Bonchev–Trinajstić information content (AvgIpc) is 2.55. The highest BCUT2D eigenvalue weighted by Crippen LogP contribution is 2.43. The fraction of sp³-hybridized carbons (Fsp3) is 0.474. The molecule has 4 nitrogen and oxygen atoms in total. The third-order valence-electron chi connectivity index (χ3n) is 5.01. The van der Waals surface area contributed by atoms with Gasteiger partial charge in [0, 0.05) is 25.2 Å². The van der Waals surface area contributed by atoms with Crippen LogP contribution in [0.25, 0.3) is 0 Å². The summed E-state index contributed by atoms with van der Waals surface area (Å²) < 4.78 is 5.74. The largest absolute Gasteiger partial charge is 0.512 e. The number of aliphatic hydroxyl groups is 1. The van der Waals surface area contributed by atoms with E-state index in [1.165, 1.54) is 0 Å². The molecule has 4 heteroatoms. The number of benzene rings is 1. The van der Waals surface area contributed by atoms with E-state index in [2.05, 4.69) is 0 Å². The molecule has 1 aromatic rings. The summed E-state index contributed by atoms with van der Waals surface area (Å²) in [4.78, 5) is 24.0. The van der Waals surface area contributed by atoms with E-state index in [1.807, 2.05) is 37.3 Å². The summed E-state index contributed by atoms with van der Waals surface area (Å²) in [6, 6.07) is 9.71. The van der Waals surface area contributed by atoms with Crippen molar-refractivity contribution in [1.82, 2.24) is 0 Å². The first-order valence-corrected chi connectivity index (χ1v) is 8.26. The van der Waals surface area contributed by atoms with Crippen LogP contribution in [0.2, 0.25) is 0 Å². The second-order valence-electron chi connectivity index (χ2n) is 6.52. The van der Waals surface area contributed by atoms with Crippen molar-refractivity contribution in [3.05, 3.63) is 47.2 Å². The molecule has 0 aromatic heterocycles. The number of hydrogen-bond acceptors (Lipinski definition) is 4. The Labute approximate surface area is 136 Å². The highest BCUT2D eigenvalue weighted by molar-refractivity contribution is 5.92. The molecule has 0 bridgehead atoms. The van der Waals surface area contributed by atoms with E-state index in [0.29, 0.717) is 44.1 Å². The van der Waals surface area contributed by atoms with Gasteiger partial charge in [-0.25, -0.2) is 4.79 Å². The molecular formula is C19H22O4. The van der Waals surface area contributed by atoms with Gasteiger partial charge < -0.3 is 9.84 Å². The van der Waals surface area contributed by atoms with Gasteiger partial charge in [0.2, 0.25) is 0 Å². The molecule has 1 fully saturated rings. The second-order valence-corrected chi connectivity index (χ2v) is 6.52. The van der Waals surface area contributed by atoms with Crippen LogP contribution < -0.4 is 0 Å². The molecule has 1 saturated carbocycles. The van der Waals surface area contributed by atoms with Crippen molar-refractivity contribution < 1.29 is 19.4 Å². The fourth-order valence-corrected chi connectivity index (χ4v) is 3.70. The van der Waals surface area contributed by atoms with Gasteiger partial charge in [-0.3, -0.25) is 4.79 Å². The van der Waals surface area contributed by atoms with Crippen LogP contribution in [0.3, 0.4) is 0 Å². The zero-order valence-electron chi connectivity index (χ0n) is 13.4. The third-order valence-corrected chi connectivity index (χ3v) is 5.01. The monoisotopic (exact) mass is 314 g/mol. The summed E-state index contributed by atoms with van der Waals surface area (Å²) >= 11 is 0. The lowest BCUT2D eigenvalue weighted by Crippen LogP contribution is -2.44. The van der Waals surface area contributed by atoms with Crippen molar-refractivity contribution in [2.75, 3.05) is 0 Å². The minimum Gasteiger partial charge on any atom is -0.512 e. The first kappa shape index (κ1) is 15.8. The third kappa shape index (κ3) is 3.03. The van der Waals surface area contributed by atoms with Crippen LogP contribution in [0.4, 0.5) is 0 Å². The molecule has 0 saturated heterocycles. The van der Waals surface area contributed by atoms with E-state index in [1.54, 1.807) is 0 Å². The highest BCUT2D eigenvalue weighted by atomic mass is 16.6. The Hall–Kier alpha value is -2.10.